The van der Waals surface area contributed by atoms with Crippen LogP contribution in [0, 0.1) is 0 Å². The van der Waals surface area contributed by atoms with Crippen LogP contribution in [0.3, 0.4) is 0 Å². The Labute approximate surface area is 95.1 Å². The van der Waals surface area contributed by atoms with E-state index in [1.807, 2.05) is 0 Å². The summed E-state index contributed by atoms with van der Waals surface area (Å²) in [6.07, 6.45) is -4.26. The summed E-state index contributed by atoms with van der Waals surface area (Å²) in [5.74, 6) is -0.668. The maximum absolute atomic E-state index is 12.3. The second kappa shape index (κ2) is 5.21. The van der Waals surface area contributed by atoms with Crippen molar-refractivity contribution in [1.29, 1.82) is 0 Å². The fourth-order valence-corrected chi connectivity index (χ4v) is 1.27. The third-order valence-corrected chi connectivity index (χ3v) is 2.13. The lowest BCUT2D eigenvalue weighted by atomic mass is 10.1. The van der Waals surface area contributed by atoms with Gasteiger partial charge in [0.05, 0.1) is 12.0 Å². The normalized spacial score (nSPS) is 11.2. The van der Waals surface area contributed by atoms with E-state index in [0.717, 1.165) is 12.1 Å². The number of hydrogen-bond donors (Lipinski definition) is 0. The third-order valence-electron chi connectivity index (χ3n) is 1.96. The molecule has 1 rings (SSSR count). The fourth-order valence-electron chi connectivity index (χ4n) is 1.19. The van der Waals surface area contributed by atoms with Gasteiger partial charge in [0.2, 0.25) is 0 Å². The Kier molecular flexibility index (Phi) is 4.18. The Bertz CT molecular complexity index is 377. The van der Waals surface area contributed by atoms with Gasteiger partial charge in [0, 0.05) is 0 Å². The molecule has 0 unspecified atom stereocenters. The van der Waals surface area contributed by atoms with Crippen molar-refractivity contribution in [3.05, 3.63) is 35.4 Å². The van der Waals surface area contributed by atoms with Crippen LogP contribution >= 0.6 is 11.9 Å². The van der Waals surface area contributed by atoms with Gasteiger partial charge in [-0.1, -0.05) is 18.2 Å². The average molecular weight is 253 g/mol. The number of benzene rings is 1. The van der Waals surface area contributed by atoms with Crippen molar-refractivity contribution < 1.29 is 22.3 Å². The number of hydrogen-bond acceptors (Lipinski definition) is 2. The Hall–Kier alpha value is -1.23. The smallest absolute Gasteiger partial charge is 0.348 e. The van der Waals surface area contributed by atoms with Crippen molar-refractivity contribution in [3.63, 3.8) is 0 Å². The van der Waals surface area contributed by atoms with Crippen molar-refractivity contribution in [1.82, 2.24) is 0 Å². The highest BCUT2D eigenvalue weighted by Gasteiger charge is 2.30. The van der Waals surface area contributed by atoms with Crippen molar-refractivity contribution >= 4 is 17.8 Å². The second-order valence-electron chi connectivity index (χ2n) is 3.15. The van der Waals surface area contributed by atoms with E-state index in [0.29, 0.717) is 5.56 Å². The number of halogens is 4. The van der Waals surface area contributed by atoms with Gasteiger partial charge in [-0.15, -0.1) is 0 Å². The van der Waals surface area contributed by atoms with Crippen LogP contribution in [0.1, 0.15) is 17.5 Å². The summed E-state index contributed by atoms with van der Waals surface area (Å²) < 4.78 is 40.8. The van der Waals surface area contributed by atoms with E-state index in [1.165, 1.54) is 12.1 Å². The first-order chi connectivity index (χ1) is 7.43. The minimum Gasteiger partial charge on any atom is -0.348 e. The van der Waals surface area contributed by atoms with Gasteiger partial charge in [0.15, 0.2) is 0 Å². The molecular weight excluding hydrogens is 245 g/mol. The van der Waals surface area contributed by atoms with Gasteiger partial charge in [-0.2, -0.15) is 13.2 Å². The molecule has 1 aromatic rings. The Morgan fingerprint density at radius 2 is 2.06 bits per heavy atom. The number of alkyl halides is 3. The molecule has 0 atom stereocenters. The van der Waals surface area contributed by atoms with Crippen LogP contribution in [0.15, 0.2) is 24.3 Å². The first-order valence-corrected chi connectivity index (χ1v) is 4.72. The molecule has 0 heterocycles. The maximum atomic E-state index is 12.3. The summed E-state index contributed by atoms with van der Waals surface area (Å²) in [5.41, 5.74) is -0.318. The Morgan fingerprint density at radius 1 is 1.38 bits per heavy atom. The second-order valence-corrected chi connectivity index (χ2v) is 3.30. The number of carbonyl (C=O) groups is 1. The molecule has 0 amide bonds. The van der Waals surface area contributed by atoms with Gasteiger partial charge < -0.3 is 4.29 Å². The highest BCUT2D eigenvalue weighted by Crippen LogP contribution is 2.29. The summed E-state index contributed by atoms with van der Waals surface area (Å²) in [6.45, 7) is 0. The van der Waals surface area contributed by atoms with Gasteiger partial charge in [-0.3, -0.25) is 4.79 Å². The minimum absolute atomic E-state index is 0.0508. The number of aryl methyl sites for hydroxylation is 1. The molecule has 0 aromatic heterocycles. The summed E-state index contributed by atoms with van der Waals surface area (Å²) in [6, 6.07) is 4.78. The van der Waals surface area contributed by atoms with Crippen LogP contribution in [0.25, 0.3) is 0 Å². The summed E-state index contributed by atoms with van der Waals surface area (Å²) in [7, 11) is 0. The lowest BCUT2D eigenvalue weighted by molar-refractivity contribution is -0.137. The predicted octanol–water partition coefficient (Wildman–Crippen LogP) is 3.34. The van der Waals surface area contributed by atoms with Crippen LogP contribution < -0.4 is 0 Å². The summed E-state index contributed by atoms with van der Waals surface area (Å²) in [4.78, 5) is 10.7. The molecule has 0 aliphatic heterocycles. The molecule has 0 radical (unpaired) electrons. The van der Waals surface area contributed by atoms with Crippen LogP contribution in [0.4, 0.5) is 13.2 Å². The molecule has 0 spiro atoms. The van der Waals surface area contributed by atoms with Gasteiger partial charge in [0.25, 0.3) is 0 Å². The topological polar surface area (TPSA) is 26.3 Å². The van der Waals surface area contributed by atoms with Crippen LogP contribution in [0.2, 0.25) is 0 Å². The molecular formula is C10H8ClF3O2. The van der Waals surface area contributed by atoms with Gasteiger partial charge in [-0.25, -0.2) is 0 Å². The lowest BCUT2D eigenvalue weighted by Gasteiger charge is -2.07. The largest absolute Gasteiger partial charge is 0.416 e. The summed E-state index contributed by atoms with van der Waals surface area (Å²) in [5, 5.41) is 0. The number of carbonyl (C=O) groups excluding carboxylic acids is 1. The maximum Gasteiger partial charge on any atom is 0.416 e. The fraction of sp³-hybridized carbons (Fsp3) is 0.300. The average Bonchev–Trinajstić information content (AvgIpc) is 2.25. The summed E-state index contributed by atoms with van der Waals surface area (Å²) >= 11 is 4.79. The van der Waals surface area contributed by atoms with Crippen molar-refractivity contribution in [2.45, 2.75) is 19.0 Å². The minimum atomic E-state index is -4.37. The van der Waals surface area contributed by atoms with Gasteiger partial charge >= 0.3 is 12.1 Å². The van der Waals surface area contributed by atoms with E-state index in [-0.39, 0.29) is 12.8 Å². The van der Waals surface area contributed by atoms with E-state index in [9.17, 15) is 18.0 Å². The zero-order chi connectivity index (χ0) is 12.2. The zero-order valence-corrected chi connectivity index (χ0v) is 8.81. The molecule has 0 aliphatic rings. The van der Waals surface area contributed by atoms with E-state index in [1.54, 1.807) is 0 Å². The van der Waals surface area contributed by atoms with Crippen molar-refractivity contribution in [3.8, 4) is 0 Å². The number of rotatable bonds is 3. The molecule has 6 heteroatoms. The quantitative estimate of drug-likeness (QED) is 0.825. The Morgan fingerprint density at radius 3 is 2.62 bits per heavy atom. The highest BCUT2D eigenvalue weighted by atomic mass is 35.5. The van der Waals surface area contributed by atoms with Crippen LogP contribution in [0.5, 0.6) is 0 Å². The molecule has 0 saturated carbocycles. The van der Waals surface area contributed by atoms with E-state index in [2.05, 4.69) is 4.29 Å². The lowest BCUT2D eigenvalue weighted by Crippen LogP contribution is -2.06. The molecule has 0 N–H and O–H groups in total. The Balaban J connectivity index is 2.72. The third kappa shape index (κ3) is 3.73. The standard InChI is InChI=1S/C10H8ClF3O2/c11-16-9(15)5-4-7-2-1-3-8(6-7)10(12,13)14/h1-3,6H,4-5H2. The van der Waals surface area contributed by atoms with E-state index < -0.39 is 17.7 Å². The molecule has 0 fully saturated rings. The van der Waals surface area contributed by atoms with Gasteiger partial charge in [-0.05, 0) is 18.1 Å². The van der Waals surface area contributed by atoms with E-state index >= 15 is 0 Å². The molecule has 0 saturated heterocycles. The highest BCUT2D eigenvalue weighted by molar-refractivity contribution is 6.13. The van der Waals surface area contributed by atoms with Crippen LogP contribution in [-0.4, -0.2) is 5.97 Å². The molecule has 0 bridgehead atoms. The predicted molar refractivity (Wildman–Crippen MR) is 51.7 cm³/mol. The van der Waals surface area contributed by atoms with Crippen LogP contribution in [-0.2, 0) is 21.7 Å². The molecule has 88 valence electrons. The molecule has 2 nitrogen and oxygen atoms in total. The zero-order valence-electron chi connectivity index (χ0n) is 8.05. The molecule has 1 aromatic carbocycles. The molecule has 0 aliphatic carbocycles. The first kappa shape index (κ1) is 12.8. The monoisotopic (exact) mass is 252 g/mol. The van der Waals surface area contributed by atoms with E-state index in [4.69, 9.17) is 11.9 Å². The van der Waals surface area contributed by atoms with Gasteiger partial charge in [0.1, 0.15) is 11.9 Å². The van der Waals surface area contributed by atoms with Crippen molar-refractivity contribution in [2.75, 3.05) is 0 Å². The molecule has 16 heavy (non-hydrogen) atoms. The first-order valence-electron chi connectivity index (χ1n) is 4.41. The SMILES string of the molecule is O=C(CCc1cccc(C(F)(F)F)c1)OCl. The van der Waals surface area contributed by atoms with Crippen molar-refractivity contribution in [2.24, 2.45) is 0 Å².